The monoisotopic (exact) mass is 196 g/mol. The van der Waals surface area contributed by atoms with Gasteiger partial charge in [0.15, 0.2) is 12.1 Å². The van der Waals surface area contributed by atoms with Crippen LogP contribution in [0.4, 0.5) is 0 Å². The van der Waals surface area contributed by atoms with Gasteiger partial charge in [0, 0.05) is 0 Å². The summed E-state index contributed by atoms with van der Waals surface area (Å²) in [6.45, 7) is 4.07. The van der Waals surface area contributed by atoms with E-state index < -0.39 is 0 Å². The van der Waals surface area contributed by atoms with Crippen LogP contribution >= 0.6 is 8.58 Å². The van der Waals surface area contributed by atoms with Crippen LogP contribution in [0, 0.1) is 6.92 Å². The lowest BCUT2D eigenvalue weighted by Gasteiger charge is -2.03. The predicted octanol–water partition coefficient (Wildman–Crippen LogP) is 2.21. The zero-order valence-corrected chi connectivity index (χ0v) is 8.83. The molecule has 0 aliphatic rings. The Morgan fingerprint density at radius 3 is 2.54 bits per heavy atom. The fraction of sp³-hybridized carbons (Fsp3) is 0.300. The maximum Gasteiger partial charge on any atom is 0.188 e. The Morgan fingerprint density at radius 1 is 1.38 bits per heavy atom. The highest BCUT2D eigenvalue weighted by molar-refractivity contribution is 7.57. The van der Waals surface area contributed by atoms with Crippen molar-refractivity contribution in [2.75, 3.05) is 13.3 Å². The zero-order valence-electron chi connectivity index (χ0n) is 7.83. The van der Waals surface area contributed by atoms with Gasteiger partial charge in [-0.1, -0.05) is 26.3 Å². The van der Waals surface area contributed by atoms with E-state index in [2.05, 4.69) is 0 Å². The van der Waals surface area contributed by atoms with E-state index in [1.807, 2.05) is 37.9 Å². The Kier molecular flexibility index (Phi) is 3.91. The molecule has 13 heavy (non-hydrogen) atoms. The van der Waals surface area contributed by atoms with E-state index in [0.29, 0.717) is 8.58 Å². The quantitative estimate of drug-likeness (QED) is 0.690. The molecule has 0 N–H and O–H groups in total. The van der Waals surface area contributed by atoms with E-state index in [1.54, 1.807) is 0 Å². The number of benzene rings is 1. The maximum absolute atomic E-state index is 10.9. The van der Waals surface area contributed by atoms with Crippen molar-refractivity contribution in [1.29, 1.82) is 0 Å². The van der Waals surface area contributed by atoms with Crippen molar-refractivity contribution >= 4 is 14.1 Å². The van der Waals surface area contributed by atoms with Crippen molar-refractivity contribution in [3.8, 4) is 5.75 Å². The molecule has 0 fully saturated rings. The molecule has 0 heterocycles. The second-order valence-electron chi connectivity index (χ2n) is 2.77. The first kappa shape index (κ1) is 10.2. The average Bonchev–Trinajstić information content (AvgIpc) is 2.16. The summed E-state index contributed by atoms with van der Waals surface area (Å²) >= 11 is 0. The summed E-state index contributed by atoms with van der Waals surface area (Å²) in [6, 6.07) is 7.69. The van der Waals surface area contributed by atoms with Gasteiger partial charge in [-0.3, -0.25) is 4.79 Å². The molecule has 0 aliphatic carbocycles. The molecule has 0 bridgehead atoms. The molecular weight excluding hydrogens is 183 g/mol. The molecule has 1 aromatic rings. The molecule has 1 unspecified atom stereocenters. The van der Waals surface area contributed by atoms with Gasteiger partial charge < -0.3 is 4.74 Å². The lowest BCUT2D eigenvalue weighted by Crippen LogP contribution is -2.05. The first-order valence-corrected chi connectivity index (χ1v) is 5.62. The molecule has 0 amide bonds. The average molecular weight is 196 g/mol. The van der Waals surface area contributed by atoms with Crippen molar-refractivity contribution in [3.05, 3.63) is 29.8 Å². The summed E-state index contributed by atoms with van der Waals surface area (Å²) in [6.07, 6.45) is 0. The van der Waals surface area contributed by atoms with E-state index in [-0.39, 0.29) is 12.1 Å². The minimum Gasteiger partial charge on any atom is -0.485 e. The summed E-state index contributed by atoms with van der Waals surface area (Å²) in [4.78, 5) is 10.9. The van der Waals surface area contributed by atoms with Gasteiger partial charge >= 0.3 is 0 Å². The maximum atomic E-state index is 10.9. The standard InChI is InChI=1S/C10H13O2P/c1-8-3-5-9(6-4-8)12-7-10(11)13-2/h3-6,13H,7H2,1-2H3. The largest absolute Gasteiger partial charge is 0.485 e. The predicted molar refractivity (Wildman–Crippen MR) is 55.9 cm³/mol. The number of carbonyl (C=O) groups is 1. The van der Waals surface area contributed by atoms with E-state index in [4.69, 9.17) is 4.74 Å². The topological polar surface area (TPSA) is 26.3 Å². The highest BCUT2D eigenvalue weighted by Crippen LogP contribution is 2.12. The van der Waals surface area contributed by atoms with E-state index >= 15 is 0 Å². The molecule has 70 valence electrons. The Morgan fingerprint density at radius 2 is 2.00 bits per heavy atom. The second kappa shape index (κ2) is 4.98. The summed E-state index contributed by atoms with van der Waals surface area (Å²) in [5.41, 5.74) is 1.34. The molecule has 2 nitrogen and oxygen atoms in total. The van der Waals surface area contributed by atoms with Gasteiger partial charge in [0.05, 0.1) is 0 Å². The number of rotatable bonds is 4. The van der Waals surface area contributed by atoms with Crippen LogP contribution in [-0.2, 0) is 4.79 Å². The minimum absolute atomic E-state index is 0.153. The first-order chi connectivity index (χ1) is 6.22. The molecule has 0 aliphatic heterocycles. The SMILES string of the molecule is CPC(=O)COc1ccc(C)cc1. The lowest BCUT2D eigenvalue weighted by atomic mass is 10.2. The highest BCUT2D eigenvalue weighted by atomic mass is 31.1. The molecular formula is C10H13O2P. The van der Waals surface area contributed by atoms with Crippen molar-refractivity contribution < 1.29 is 9.53 Å². The number of ether oxygens (including phenoxy) is 1. The summed E-state index contributed by atoms with van der Waals surface area (Å²) in [5, 5.41) is 0. The fourth-order valence-electron chi connectivity index (χ4n) is 0.856. The molecule has 0 radical (unpaired) electrons. The van der Waals surface area contributed by atoms with Crippen LogP contribution < -0.4 is 4.74 Å². The smallest absolute Gasteiger partial charge is 0.188 e. The van der Waals surface area contributed by atoms with Crippen LogP contribution in [0.25, 0.3) is 0 Å². The Bertz CT molecular complexity index is 279. The summed E-state index contributed by atoms with van der Waals surface area (Å²) < 4.78 is 5.27. The van der Waals surface area contributed by atoms with Gasteiger partial charge in [0.25, 0.3) is 0 Å². The van der Waals surface area contributed by atoms with Crippen molar-refractivity contribution in [1.82, 2.24) is 0 Å². The van der Waals surface area contributed by atoms with Gasteiger partial charge in [-0.25, -0.2) is 0 Å². The molecule has 0 aromatic heterocycles. The minimum atomic E-state index is 0.153. The van der Waals surface area contributed by atoms with Gasteiger partial charge in [-0.05, 0) is 25.7 Å². The van der Waals surface area contributed by atoms with E-state index in [9.17, 15) is 4.79 Å². The van der Waals surface area contributed by atoms with Gasteiger partial charge in [-0.2, -0.15) is 0 Å². The van der Waals surface area contributed by atoms with Gasteiger partial charge in [0.1, 0.15) is 5.75 Å². The molecule has 3 heteroatoms. The molecule has 0 saturated carbocycles. The van der Waals surface area contributed by atoms with Crippen LogP contribution in [0.2, 0.25) is 0 Å². The van der Waals surface area contributed by atoms with Crippen molar-refractivity contribution in [2.45, 2.75) is 6.92 Å². The molecule has 1 aromatic carbocycles. The Hall–Kier alpha value is -0.880. The lowest BCUT2D eigenvalue weighted by molar-refractivity contribution is -0.113. The third-order valence-corrected chi connectivity index (χ3v) is 2.37. The van der Waals surface area contributed by atoms with Gasteiger partial charge in [0.2, 0.25) is 0 Å². The Balaban J connectivity index is 2.46. The summed E-state index contributed by atoms with van der Waals surface area (Å²) in [7, 11) is 0.317. The van der Waals surface area contributed by atoms with Crippen LogP contribution in [-0.4, -0.2) is 18.8 Å². The zero-order chi connectivity index (χ0) is 9.68. The highest BCUT2D eigenvalue weighted by Gasteiger charge is 1.98. The van der Waals surface area contributed by atoms with Crippen LogP contribution in [0.5, 0.6) is 5.75 Å². The second-order valence-corrected chi connectivity index (χ2v) is 3.83. The number of hydrogen-bond donors (Lipinski definition) is 0. The third-order valence-electron chi connectivity index (χ3n) is 1.67. The normalized spacial score (nSPS) is 10.6. The summed E-state index contributed by atoms with van der Waals surface area (Å²) in [5.74, 6) is 0.761. The van der Waals surface area contributed by atoms with Crippen LogP contribution in [0.3, 0.4) is 0 Å². The van der Waals surface area contributed by atoms with Crippen LogP contribution in [0.15, 0.2) is 24.3 Å². The van der Waals surface area contributed by atoms with Crippen molar-refractivity contribution in [2.24, 2.45) is 0 Å². The fourth-order valence-corrected chi connectivity index (χ4v) is 1.07. The van der Waals surface area contributed by atoms with Crippen LogP contribution in [0.1, 0.15) is 5.56 Å². The van der Waals surface area contributed by atoms with Crippen molar-refractivity contribution in [3.63, 3.8) is 0 Å². The third kappa shape index (κ3) is 3.56. The number of hydrogen-bond acceptors (Lipinski definition) is 2. The van der Waals surface area contributed by atoms with Gasteiger partial charge in [-0.15, -0.1) is 0 Å². The number of carbonyl (C=O) groups excluding carboxylic acids is 1. The molecule has 0 saturated heterocycles. The molecule has 1 atom stereocenters. The van der Waals surface area contributed by atoms with E-state index in [0.717, 1.165) is 5.75 Å². The van der Waals surface area contributed by atoms with E-state index in [1.165, 1.54) is 5.56 Å². The molecule has 0 spiro atoms. The molecule has 1 rings (SSSR count). The Labute approximate surface area is 80.1 Å². The first-order valence-electron chi connectivity index (χ1n) is 4.12. The number of aryl methyl sites for hydroxylation is 1.